The Labute approximate surface area is 249 Å². The van der Waals surface area contributed by atoms with Gasteiger partial charge in [-0.2, -0.15) is 9.97 Å². The zero-order valence-corrected chi connectivity index (χ0v) is 24.3. The van der Waals surface area contributed by atoms with Crippen LogP contribution in [-0.4, -0.2) is 81.1 Å². The summed E-state index contributed by atoms with van der Waals surface area (Å²) >= 11 is 0. The molecule has 1 aliphatic carbocycles. The Hall–Kier alpha value is -3.66. The zero-order chi connectivity index (χ0) is 29.3. The molecule has 1 amide bonds. The zero-order valence-electron chi connectivity index (χ0n) is 24.3. The first-order chi connectivity index (χ1) is 21.0. The van der Waals surface area contributed by atoms with Crippen LogP contribution in [0.5, 0.6) is 6.01 Å². The molecule has 2 atom stereocenters. The van der Waals surface area contributed by atoms with E-state index in [1.54, 1.807) is 12.3 Å². The van der Waals surface area contributed by atoms with Crippen LogP contribution < -0.4 is 9.64 Å². The Kier molecular flexibility index (Phi) is 6.40. The third-order valence-corrected chi connectivity index (χ3v) is 10.7. The van der Waals surface area contributed by atoms with E-state index in [0.717, 1.165) is 63.6 Å². The van der Waals surface area contributed by atoms with Gasteiger partial charge in [0.1, 0.15) is 29.5 Å². The van der Waals surface area contributed by atoms with Crippen molar-refractivity contribution in [3.05, 3.63) is 53.7 Å². The van der Waals surface area contributed by atoms with Gasteiger partial charge in [-0.1, -0.05) is 6.58 Å². The third kappa shape index (κ3) is 4.16. The molecule has 0 unspecified atom stereocenters. The number of nitrogens with zero attached hydrogens (tertiary/aromatic N) is 6. The molecule has 224 valence electrons. The number of aromatic nitrogens is 3. The van der Waals surface area contributed by atoms with Crippen LogP contribution in [0.15, 0.2) is 31.0 Å². The topological polar surface area (TPSA) is 74.7 Å². The largest absolute Gasteiger partial charge is 0.461 e. The van der Waals surface area contributed by atoms with Crippen molar-refractivity contribution in [2.24, 2.45) is 0 Å². The molecule has 2 aromatic heterocycles. The summed E-state index contributed by atoms with van der Waals surface area (Å²) in [7, 11) is 0. The van der Waals surface area contributed by atoms with E-state index in [4.69, 9.17) is 9.72 Å². The second-order valence-corrected chi connectivity index (χ2v) is 12.8. The van der Waals surface area contributed by atoms with Crippen LogP contribution in [0.1, 0.15) is 56.1 Å². The van der Waals surface area contributed by atoms with Gasteiger partial charge in [0.2, 0.25) is 5.91 Å². The molecule has 0 N–H and O–H groups in total. The van der Waals surface area contributed by atoms with Crippen LogP contribution in [0.2, 0.25) is 0 Å². The Morgan fingerprint density at radius 1 is 1.05 bits per heavy atom. The molecular weight excluding hydrogens is 550 g/mol. The maximum absolute atomic E-state index is 16.6. The molecule has 1 aromatic carbocycles. The number of benzene rings is 1. The predicted molar refractivity (Wildman–Crippen MR) is 159 cm³/mol. The summed E-state index contributed by atoms with van der Waals surface area (Å²) in [5.41, 5.74) is 2.47. The average molecular weight is 587 g/mol. The number of hydrogen-bond donors (Lipinski definition) is 0. The van der Waals surface area contributed by atoms with Gasteiger partial charge in [0, 0.05) is 24.8 Å². The van der Waals surface area contributed by atoms with Gasteiger partial charge < -0.3 is 14.5 Å². The second kappa shape index (κ2) is 10.2. The third-order valence-electron chi connectivity index (χ3n) is 10.7. The lowest BCUT2D eigenvalue weighted by molar-refractivity contribution is -0.127. The smallest absolute Gasteiger partial charge is 0.319 e. The lowest BCUT2D eigenvalue weighted by Crippen LogP contribution is -2.63. The highest BCUT2D eigenvalue weighted by Gasteiger charge is 2.50. The minimum atomic E-state index is -0.543. The number of fused-ring (bicyclic) bond motifs is 4. The number of pyridine rings is 1. The summed E-state index contributed by atoms with van der Waals surface area (Å²) in [6.45, 7) is 7.51. The fourth-order valence-corrected chi connectivity index (χ4v) is 8.45. The molecule has 8 rings (SSSR count). The maximum atomic E-state index is 16.6. The van der Waals surface area contributed by atoms with Gasteiger partial charge in [0.15, 0.2) is 5.82 Å². The molecule has 43 heavy (non-hydrogen) atoms. The molecule has 10 heteroatoms. The molecule has 0 spiro atoms. The number of carbonyl (C=O) groups excluding carboxylic acids is 1. The predicted octanol–water partition coefficient (Wildman–Crippen LogP) is 4.83. The van der Waals surface area contributed by atoms with Crippen LogP contribution in [0.25, 0.3) is 22.2 Å². The first kappa shape index (κ1) is 26.9. The molecule has 6 heterocycles. The van der Waals surface area contributed by atoms with E-state index in [-0.39, 0.29) is 46.6 Å². The van der Waals surface area contributed by atoms with E-state index in [1.165, 1.54) is 12.1 Å². The van der Waals surface area contributed by atoms with Gasteiger partial charge in [-0.15, -0.1) is 0 Å². The standard InChI is InChI=1S/C33H36F2N6O2/c1-2-27(42)40-16-11-25-26(40)18-41(25)31-23-17-36-29(22-9-10-24(34)21-8-4-3-7-20(21)22)28(35)30(23)37-32(38-31)43-19-33-12-5-14-39(33)15-6-13-33/h2,9-10,17,25-26H,1,3-8,11-16,18-19H2/t25-,26-/m1/s1. The number of ether oxygens (including phenoxy) is 1. The molecule has 0 radical (unpaired) electrons. The van der Waals surface area contributed by atoms with Crippen molar-refractivity contribution in [1.82, 2.24) is 24.8 Å². The first-order valence-electron chi connectivity index (χ1n) is 15.7. The van der Waals surface area contributed by atoms with E-state index in [1.807, 2.05) is 4.90 Å². The number of halogens is 2. The van der Waals surface area contributed by atoms with Crippen molar-refractivity contribution in [3.63, 3.8) is 0 Å². The van der Waals surface area contributed by atoms with Gasteiger partial charge in [-0.25, -0.2) is 8.78 Å². The maximum Gasteiger partial charge on any atom is 0.319 e. The van der Waals surface area contributed by atoms with Crippen molar-refractivity contribution in [2.45, 2.75) is 75.4 Å². The fraction of sp³-hybridized carbons (Fsp3) is 0.515. The Balaban J connectivity index is 1.21. The summed E-state index contributed by atoms with van der Waals surface area (Å²) < 4.78 is 37.6. The lowest BCUT2D eigenvalue weighted by atomic mass is 9.86. The molecule has 4 saturated heterocycles. The average Bonchev–Trinajstić information content (AvgIpc) is 3.69. The Bertz CT molecular complexity index is 1640. The monoisotopic (exact) mass is 586 g/mol. The summed E-state index contributed by atoms with van der Waals surface area (Å²) in [4.78, 5) is 33.1. The minimum absolute atomic E-state index is 0.00748. The van der Waals surface area contributed by atoms with Crippen molar-refractivity contribution >= 4 is 22.6 Å². The quantitative estimate of drug-likeness (QED) is 0.383. The number of rotatable bonds is 6. The van der Waals surface area contributed by atoms with Crippen molar-refractivity contribution in [1.29, 1.82) is 0 Å². The van der Waals surface area contributed by atoms with Crippen LogP contribution in [0.4, 0.5) is 14.6 Å². The van der Waals surface area contributed by atoms with Crippen molar-refractivity contribution in [2.75, 3.05) is 37.7 Å². The first-order valence-corrected chi connectivity index (χ1v) is 15.7. The highest BCUT2D eigenvalue weighted by Crippen LogP contribution is 2.43. The molecule has 0 bridgehead atoms. The number of amides is 1. The van der Waals surface area contributed by atoms with E-state index in [0.29, 0.717) is 54.9 Å². The van der Waals surface area contributed by atoms with E-state index in [9.17, 15) is 9.18 Å². The Morgan fingerprint density at radius 2 is 1.84 bits per heavy atom. The molecule has 3 aromatic rings. The molecule has 4 aliphatic heterocycles. The number of hydrogen-bond acceptors (Lipinski definition) is 7. The molecule has 0 saturated carbocycles. The summed E-state index contributed by atoms with van der Waals surface area (Å²) in [6.07, 6.45) is 11.5. The normalized spacial score (nSPS) is 24.0. The van der Waals surface area contributed by atoms with Crippen LogP contribution in [-0.2, 0) is 17.6 Å². The molecular formula is C33H36F2N6O2. The number of anilines is 1. The van der Waals surface area contributed by atoms with E-state index >= 15 is 4.39 Å². The van der Waals surface area contributed by atoms with Gasteiger partial charge >= 0.3 is 6.01 Å². The summed E-state index contributed by atoms with van der Waals surface area (Å²) in [5, 5.41) is 0.512. The highest BCUT2D eigenvalue weighted by atomic mass is 19.1. The van der Waals surface area contributed by atoms with Gasteiger partial charge in [0.05, 0.1) is 23.0 Å². The van der Waals surface area contributed by atoms with E-state index in [2.05, 4.69) is 26.3 Å². The van der Waals surface area contributed by atoms with Crippen LogP contribution in [0, 0.1) is 11.6 Å². The van der Waals surface area contributed by atoms with Gasteiger partial charge in [-0.05, 0) is 100 Å². The summed E-state index contributed by atoms with van der Waals surface area (Å²) in [6, 6.07) is 3.37. The number of carbonyl (C=O) groups is 1. The lowest BCUT2D eigenvalue weighted by Gasteiger charge is -2.47. The van der Waals surface area contributed by atoms with Gasteiger partial charge in [-0.3, -0.25) is 14.7 Å². The molecule has 5 aliphatic rings. The van der Waals surface area contributed by atoms with Gasteiger partial charge in [0.25, 0.3) is 0 Å². The molecule has 8 nitrogen and oxygen atoms in total. The van der Waals surface area contributed by atoms with Crippen LogP contribution in [0.3, 0.4) is 0 Å². The van der Waals surface area contributed by atoms with E-state index < -0.39 is 5.82 Å². The summed E-state index contributed by atoms with van der Waals surface area (Å²) in [5.74, 6) is -0.264. The van der Waals surface area contributed by atoms with Crippen molar-refractivity contribution in [3.8, 4) is 17.3 Å². The Morgan fingerprint density at radius 3 is 2.63 bits per heavy atom. The fourth-order valence-electron chi connectivity index (χ4n) is 8.45. The SMILES string of the molecule is C=CC(=O)N1CC[C@@H]2[C@H]1CN2c1nc(OCC23CCCN2CCC3)nc2c(F)c(-c3ccc(F)c4c3CCCC4)ncc12. The van der Waals surface area contributed by atoms with Crippen molar-refractivity contribution < 1.29 is 18.3 Å². The minimum Gasteiger partial charge on any atom is -0.461 e. The number of likely N-dealkylation sites (tertiary alicyclic amines) is 1. The molecule has 4 fully saturated rings. The second-order valence-electron chi connectivity index (χ2n) is 12.8. The van der Waals surface area contributed by atoms with Crippen LogP contribution >= 0.6 is 0 Å². The highest BCUT2D eigenvalue weighted by molar-refractivity contribution is 5.93.